The number of aromatic nitrogens is 1. The van der Waals surface area contributed by atoms with Gasteiger partial charge in [-0.1, -0.05) is 0 Å². The fourth-order valence-electron chi connectivity index (χ4n) is 3.29. The second-order valence-electron chi connectivity index (χ2n) is 6.21. The van der Waals surface area contributed by atoms with Crippen molar-refractivity contribution in [2.45, 2.75) is 65.6 Å². The van der Waals surface area contributed by atoms with E-state index < -0.39 is 0 Å². The molecule has 4 heteroatoms. The van der Waals surface area contributed by atoms with E-state index in [0.29, 0.717) is 12.1 Å². The Kier molecular flexibility index (Phi) is 4.53. The number of rotatable bonds is 3. The molecule has 2 unspecified atom stereocenters. The van der Waals surface area contributed by atoms with Crippen LogP contribution in [0.1, 0.15) is 61.4 Å². The van der Waals surface area contributed by atoms with Gasteiger partial charge in [0.15, 0.2) is 0 Å². The molecule has 1 saturated heterocycles. The van der Waals surface area contributed by atoms with E-state index in [2.05, 4.69) is 42.9 Å². The van der Waals surface area contributed by atoms with Crippen LogP contribution in [0.2, 0.25) is 0 Å². The van der Waals surface area contributed by atoms with E-state index in [1.165, 1.54) is 0 Å². The van der Waals surface area contributed by atoms with Crippen LogP contribution in [0.15, 0.2) is 6.07 Å². The third-order valence-corrected chi connectivity index (χ3v) is 4.32. The Morgan fingerprint density at radius 2 is 2.15 bits per heavy atom. The van der Waals surface area contributed by atoms with Gasteiger partial charge in [0.05, 0.1) is 5.56 Å². The molecule has 1 amide bonds. The highest BCUT2D eigenvalue weighted by atomic mass is 16.1. The van der Waals surface area contributed by atoms with Crippen molar-refractivity contribution in [3.63, 3.8) is 0 Å². The SMILES string of the molecule is Cc1cc(C(=O)NC2CCCNC2C)c(C)n1C(C)C. The van der Waals surface area contributed by atoms with Crippen molar-refractivity contribution in [1.82, 2.24) is 15.2 Å². The molecule has 0 aromatic carbocycles. The fourth-order valence-corrected chi connectivity index (χ4v) is 3.29. The van der Waals surface area contributed by atoms with Gasteiger partial charge in [0.25, 0.3) is 5.91 Å². The van der Waals surface area contributed by atoms with Gasteiger partial charge in [-0.3, -0.25) is 4.79 Å². The van der Waals surface area contributed by atoms with Crippen LogP contribution >= 0.6 is 0 Å². The van der Waals surface area contributed by atoms with Gasteiger partial charge >= 0.3 is 0 Å². The molecule has 4 nitrogen and oxygen atoms in total. The zero-order chi connectivity index (χ0) is 14.9. The summed E-state index contributed by atoms with van der Waals surface area (Å²) in [5.74, 6) is 0.0607. The molecular formula is C16H27N3O. The minimum Gasteiger partial charge on any atom is -0.348 e. The predicted octanol–water partition coefficient (Wildman–Crippen LogP) is 2.56. The summed E-state index contributed by atoms with van der Waals surface area (Å²) in [7, 11) is 0. The lowest BCUT2D eigenvalue weighted by Crippen LogP contribution is -2.51. The largest absolute Gasteiger partial charge is 0.348 e. The fraction of sp³-hybridized carbons (Fsp3) is 0.688. The summed E-state index contributed by atoms with van der Waals surface area (Å²) in [6.07, 6.45) is 2.18. The maximum absolute atomic E-state index is 12.5. The van der Waals surface area contributed by atoms with Gasteiger partial charge in [0.2, 0.25) is 0 Å². The van der Waals surface area contributed by atoms with E-state index in [9.17, 15) is 4.79 Å². The van der Waals surface area contributed by atoms with E-state index in [1.54, 1.807) is 0 Å². The van der Waals surface area contributed by atoms with Gasteiger partial charge < -0.3 is 15.2 Å². The van der Waals surface area contributed by atoms with E-state index in [4.69, 9.17) is 0 Å². The molecule has 1 aromatic heterocycles. The number of nitrogens with one attached hydrogen (secondary N) is 2. The molecule has 1 aliphatic rings. The first-order valence-corrected chi connectivity index (χ1v) is 7.64. The van der Waals surface area contributed by atoms with Crippen LogP contribution in [0, 0.1) is 13.8 Å². The Morgan fingerprint density at radius 3 is 2.70 bits per heavy atom. The molecule has 0 spiro atoms. The standard InChI is InChI=1S/C16H27N3O/c1-10(2)19-11(3)9-14(13(19)5)16(20)18-15-7-6-8-17-12(15)4/h9-10,12,15,17H,6-8H2,1-5H3,(H,18,20). The van der Waals surface area contributed by atoms with Gasteiger partial charge in [-0.05, 0) is 60.1 Å². The lowest BCUT2D eigenvalue weighted by atomic mass is 9.99. The lowest BCUT2D eigenvalue weighted by Gasteiger charge is -2.30. The number of piperidine rings is 1. The van der Waals surface area contributed by atoms with Crippen molar-refractivity contribution in [2.75, 3.05) is 6.54 Å². The quantitative estimate of drug-likeness (QED) is 0.892. The highest BCUT2D eigenvalue weighted by molar-refractivity contribution is 5.96. The first-order chi connectivity index (χ1) is 9.41. The third kappa shape index (κ3) is 2.90. The predicted molar refractivity (Wildman–Crippen MR) is 82.2 cm³/mol. The minimum atomic E-state index is 0.0607. The molecule has 1 fully saturated rings. The maximum Gasteiger partial charge on any atom is 0.253 e. The summed E-state index contributed by atoms with van der Waals surface area (Å²) in [5.41, 5.74) is 3.03. The molecule has 112 valence electrons. The molecule has 0 saturated carbocycles. The number of amides is 1. The average Bonchev–Trinajstić information content (AvgIpc) is 2.67. The Bertz CT molecular complexity index is 490. The van der Waals surface area contributed by atoms with Crippen molar-refractivity contribution in [3.05, 3.63) is 23.0 Å². The molecule has 2 N–H and O–H groups in total. The monoisotopic (exact) mass is 277 g/mol. The first kappa shape index (κ1) is 15.1. The van der Waals surface area contributed by atoms with Crippen LogP contribution in [-0.2, 0) is 0 Å². The third-order valence-electron chi connectivity index (χ3n) is 4.32. The van der Waals surface area contributed by atoms with Crippen molar-refractivity contribution >= 4 is 5.91 Å². The van der Waals surface area contributed by atoms with E-state index in [-0.39, 0.29) is 11.9 Å². The summed E-state index contributed by atoms with van der Waals surface area (Å²) < 4.78 is 2.22. The second kappa shape index (κ2) is 6.00. The minimum absolute atomic E-state index is 0.0607. The maximum atomic E-state index is 12.5. The van der Waals surface area contributed by atoms with Gasteiger partial charge in [-0.2, -0.15) is 0 Å². The van der Waals surface area contributed by atoms with E-state index in [0.717, 1.165) is 36.3 Å². The van der Waals surface area contributed by atoms with Crippen molar-refractivity contribution in [2.24, 2.45) is 0 Å². The number of carbonyl (C=O) groups is 1. The highest BCUT2D eigenvalue weighted by Gasteiger charge is 2.24. The number of carbonyl (C=O) groups excluding carboxylic acids is 1. The van der Waals surface area contributed by atoms with Crippen LogP contribution in [0.4, 0.5) is 0 Å². The van der Waals surface area contributed by atoms with Crippen LogP contribution in [0.3, 0.4) is 0 Å². The zero-order valence-corrected chi connectivity index (χ0v) is 13.3. The van der Waals surface area contributed by atoms with Crippen molar-refractivity contribution in [3.8, 4) is 0 Å². The summed E-state index contributed by atoms with van der Waals surface area (Å²) in [6.45, 7) is 11.6. The van der Waals surface area contributed by atoms with Crippen LogP contribution in [-0.4, -0.2) is 29.1 Å². The Hall–Kier alpha value is -1.29. The smallest absolute Gasteiger partial charge is 0.253 e. The number of aryl methyl sites for hydroxylation is 1. The van der Waals surface area contributed by atoms with Crippen LogP contribution in [0.25, 0.3) is 0 Å². The van der Waals surface area contributed by atoms with Crippen molar-refractivity contribution < 1.29 is 4.79 Å². The summed E-state index contributed by atoms with van der Waals surface area (Å²) in [4.78, 5) is 12.5. The molecule has 1 aliphatic heterocycles. The highest BCUT2D eigenvalue weighted by Crippen LogP contribution is 2.20. The molecular weight excluding hydrogens is 250 g/mol. The molecule has 2 heterocycles. The Morgan fingerprint density at radius 1 is 1.45 bits per heavy atom. The topological polar surface area (TPSA) is 46.1 Å². The number of nitrogens with zero attached hydrogens (tertiary/aromatic N) is 1. The van der Waals surface area contributed by atoms with Crippen molar-refractivity contribution in [1.29, 1.82) is 0 Å². The van der Waals surface area contributed by atoms with Gasteiger partial charge in [-0.25, -0.2) is 0 Å². The number of hydrogen-bond acceptors (Lipinski definition) is 2. The van der Waals surface area contributed by atoms with Gasteiger partial charge in [0.1, 0.15) is 0 Å². The molecule has 0 aliphatic carbocycles. The summed E-state index contributed by atoms with van der Waals surface area (Å²) in [5, 5.41) is 6.61. The zero-order valence-electron chi connectivity index (χ0n) is 13.3. The Labute approximate surface area is 121 Å². The molecule has 20 heavy (non-hydrogen) atoms. The lowest BCUT2D eigenvalue weighted by molar-refractivity contribution is 0.0919. The Balaban J connectivity index is 2.15. The van der Waals surface area contributed by atoms with E-state index >= 15 is 0 Å². The first-order valence-electron chi connectivity index (χ1n) is 7.64. The summed E-state index contributed by atoms with van der Waals surface area (Å²) >= 11 is 0. The molecule has 1 aromatic rings. The average molecular weight is 277 g/mol. The molecule has 0 radical (unpaired) electrons. The molecule has 2 rings (SSSR count). The van der Waals surface area contributed by atoms with Gasteiger partial charge in [0, 0.05) is 29.5 Å². The normalized spacial score (nSPS) is 23.1. The number of hydrogen-bond donors (Lipinski definition) is 2. The summed E-state index contributed by atoms with van der Waals surface area (Å²) in [6, 6.07) is 2.97. The van der Waals surface area contributed by atoms with Crippen LogP contribution in [0.5, 0.6) is 0 Å². The molecule has 0 bridgehead atoms. The second-order valence-corrected chi connectivity index (χ2v) is 6.21. The van der Waals surface area contributed by atoms with E-state index in [1.807, 2.05) is 13.0 Å². The molecule has 2 atom stereocenters. The van der Waals surface area contributed by atoms with Gasteiger partial charge in [-0.15, -0.1) is 0 Å². The van der Waals surface area contributed by atoms with Crippen LogP contribution < -0.4 is 10.6 Å².